The molecule has 138 valence electrons. The maximum atomic E-state index is 12.1. The zero-order valence-electron chi connectivity index (χ0n) is 13.5. The van der Waals surface area contributed by atoms with E-state index in [1.54, 1.807) is 6.07 Å². The largest absolute Gasteiger partial charge is 0.271 e. The van der Waals surface area contributed by atoms with Crippen LogP contribution in [0.1, 0.15) is 5.56 Å². The molecule has 2 rings (SSSR count). The molecule has 0 bridgehead atoms. The van der Waals surface area contributed by atoms with Gasteiger partial charge in [0.2, 0.25) is 10.0 Å². The van der Waals surface area contributed by atoms with Crippen molar-refractivity contribution in [1.82, 2.24) is 5.43 Å². The average molecular weight is 479 g/mol. The fourth-order valence-corrected chi connectivity index (χ4v) is 3.74. The smallest absolute Gasteiger partial charge is 0.260 e. The quantitative estimate of drug-likeness (QED) is 0.508. The second-order valence-electron chi connectivity index (χ2n) is 5.21. The van der Waals surface area contributed by atoms with E-state index in [1.165, 1.54) is 24.4 Å². The summed E-state index contributed by atoms with van der Waals surface area (Å²) in [7, 11) is -3.73. The molecular formula is C16H14BrCl2N3O3S. The molecule has 0 radical (unpaired) electrons. The topological polar surface area (TPSA) is 78.8 Å². The van der Waals surface area contributed by atoms with Crippen molar-refractivity contribution in [2.24, 2.45) is 5.10 Å². The predicted octanol–water partition coefficient (Wildman–Crippen LogP) is 3.67. The first-order valence-corrected chi connectivity index (χ1v) is 10.6. The van der Waals surface area contributed by atoms with Crippen molar-refractivity contribution in [2.45, 2.75) is 0 Å². The van der Waals surface area contributed by atoms with Crippen LogP contribution in [0.2, 0.25) is 10.0 Å². The van der Waals surface area contributed by atoms with Crippen molar-refractivity contribution in [1.29, 1.82) is 0 Å². The Morgan fingerprint density at radius 3 is 2.42 bits per heavy atom. The highest BCUT2D eigenvalue weighted by atomic mass is 79.9. The van der Waals surface area contributed by atoms with Gasteiger partial charge in [0, 0.05) is 20.1 Å². The Kier molecular flexibility index (Phi) is 7.05. The summed E-state index contributed by atoms with van der Waals surface area (Å²) in [6.45, 7) is -0.469. The van der Waals surface area contributed by atoms with E-state index >= 15 is 0 Å². The summed E-state index contributed by atoms with van der Waals surface area (Å²) < 4.78 is 25.8. The molecule has 1 amide bonds. The highest BCUT2D eigenvalue weighted by Gasteiger charge is 2.21. The molecule has 26 heavy (non-hydrogen) atoms. The summed E-state index contributed by atoms with van der Waals surface area (Å²) in [6.07, 6.45) is 2.43. The van der Waals surface area contributed by atoms with Crippen molar-refractivity contribution in [3.8, 4) is 0 Å². The molecule has 0 fully saturated rings. The van der Waals surface area contributed by atoms with Crippen LogP contribution in [0.3, 0.4) is 0 Å². The summed E-state index contributed by atoms with van der Waals surface area (Å²) in [5, 5.41) is 4.35. The molecule has 0 aliphatic rings. The predicted molar refractivity (Wildman–Crippen MR) is 109 cm³/mol. The third-order valence-corrected chi connectivity index (χ3v) is 5.42. The first-order chi connectivity index (χ1) is 12.2. The van der Waals surface area contributed by atoms with Crippen LogP contribution in [-0.4, -0.2) is 33.3 Å². The molecule has 0 heterocycles. The molecule has 1 N–H and O–H groups in total. The number of anilines is 1. The number of carbonyl (C=O) groups excluding carboxylic acids is 1. The second kappa shape index (κ2) is 8.85. The SMILES string of the molecule is CS(=O)(=O)N(CC(=O)N/N=C\c1ccccc1Br)c1cc(Cl)cc(Cl)c1. The fraction of sp³-hybridized carbons (Fsp3) is 0.125. The molecule has 0 atom stereocenters. The van der Waals surface area contributed by atoms with Crippen molar-refractivity contribution >= 4 is 67.0 Å². The molecular weight excluding hydrogens is 465 g/mol. The van der Waals surface area contributed by atoms with Gasteiger partial charge in [-0.3, -0.25) is 9.10 Å². The molecule has 10 heteroatoms. The number of sulfonamides is 1. The Bertz CT molecular complexity index is 931. The molecule has 0 saturated heterocycles. The van der Waals surface area contributed by atoms with Gasteiger partial charge in [-0.15, -0.1) is 0 Å². The van der Waals surface area contributed by atoms with Crippen molar-refractivity contribution < 1.29 is 13.2 Å². The number of hydrogen-bond donors (Lipinski definition) is 1. The lowest BCUT2D eigenvalue weighted by Gasteiger charge is -2.21. The molecule has 0 saturated carbocycles. The number of rotatable bonds is 6. The van der Waals surface area contributed by atoms with Crippen LogP contribution in [0, 0.1) is 0 Å². The normalized spacial score (nSPS) is 11.5. The van der Waals surface area contributed by atoms with E-state index in [4.69, 9.17) is 23.2 Å². The number of nitrogens with zero attached hydrogens (tertiary/aromatic N) is 2. The fourth-order valence-electron chi connectivity index (χ4n) is 2.00. The van der Waals surface area contributed by atoms with E-state index in [-0.39, 0.29) is 15.7 Å². The Balaban J connectivity index is 2.14. The maximum absolute atomic E-state index is 12.1. The molecule has 0 aliphatic heterocycles. The van der Waals surface area contributed by atoms with Crippen LogP contribution in [0.4, 0.5) is 5.69 Å². The monoisotopic (exact) mass is 477 g/mol. The third-order valence-electron chi connectivity index (χ3n) is 3.12. The maximum Gasteiger partial charge on any atom is 0.260 e. The number of nitrogens with one attached hydrogen (secondary N) is 1. The number of benzene rings is 2. The molecule has 0 aromatic heterocycles. The van der Waals surface area contributed by atoms with E-state index in [9.17, 15) is 13.2 Å². The first-order valence-electron chi connectivity index (χ1n) is 7.17. The van der Waals surface area contributed by atoms with E-state index in [0.717, 1.165) is 20.6 Å². The molecule has 6 nitrogen and oxygen atoms in total. The lowest BCUT2D eigenvalue weighted by Crippen LogP contribution is -2.39. The van der Waals surface area contributed by atoms with E-state index in [1.807, 2.05) is 18.2 Å². The average Bonchev–Trinajstić information content (AvgIpc) is 2.52. The van der Waals surface area contributed by atoms with Gasteiger partial charge in [0.05, 0.1) is 18.2 Å². The zero-order valence-corrected chi connectivity index (χ0v) is 17.4. The van der Waals surface area contributed by atoms with Gasteiger partial charge in [0.1, 0.15) is 6.54 Å². The van der Waals surface area contributed by atoms with E-state index < -0.39 is 22.5 Å². The van der Waals surface area contributed by atoms with Crippen LogP contribution in [0.15, 0.2) is 52.0 Å². The van der Waals surface area contributed by atoms with Gasteiger partial charge in [0.25, 0.3) is 5.91 Å². The minimum atomic E-state index is -3.73. The minimum absolute atomic E-state index is 0.190. The van der Waals surface area contributed by atoms with Gasteiger partial charge in [0.15, 0.2) is 0 Å². The van der Waals surface area contributed by atoms with E-state index in [0.29, 0.717) is 0 Å². The summed E-state index contributed by atoms with van der Waals surface area (Å²) in [6, 6.07) is 11.6. The Hall–Kier alpha value is -1.61. The molecule has 0 spiro atoms. The lowest BCUT2D eigenvalue weighted by molar-refractivity contribution is -0.119. The highest BCUT2D eigenvalue weighted by Crippen LogP contribution is 2.26. The first kappa shape index (κ1) is 20.7. The summed E-state index contributed by atoms with van der Waals surface area (Å²) in [5.74, 6) is -0.616. The number of halogens is 3. The summed E-state index contributed by atoms with van der Waals surface area (Å²) >= 11 is 15.2. The summed E-state index contributed by atoms with van der Waals surface area (Å²) in [5.41, 5.74) is 3.25. The van der Waals surface area contributed by atoms with Gasteiger partial charge < -0.3 is 0 Å². The number of hydrazone groups is 1. The van der Waals surface area contributed by atoms with Crippen molar-refractivity contribution in [3.05, 3.63) is 62.5 Å². The Morgan fingerprint density at radius 1 is 1.23 bits per heavy atom. The van der Waals surface area contributed by atoms with Crippen LogP contribution >= 0.6 is 39.1 Å². The van der Waals surface area contributed by atoms with Crippen LogP contribution in [0.25, 0.3) is 0 Å². The lowest BCUT2D eigenvalue weighted by atomic mass is 10.2. The number of amides is 1. The Morgan fingerprint density at radius 2 is 1.85 bits per heavy atom. The van der Waals surface area contributed by atoms with Crippen LogP contribution in [-0.2, 0) is 14.8 Å². The standard InChI is InChI=1S/C16H14BrCl2N3O3S/c1-26(24,25)22(14-7-12(18)6-13(19)8-14)10-16(23)21-20-9-11-4-2-3-5-15(11)17/h2-9H,10H2,1H3,(H,21,23)/b20-9-. The van der Waals surface area contributed by atoms with Gasteiger partial charge in [-0.1, -0.05) is 57.3 Å². The third kappa shape index (κ3) is 5.98. The second-order valence-corrected chi connectivity index (χ2v) is 8.85. The van der Waals surface area contributed by atoms with E-state index in [2.05, 4.69) is 26.5 Å². The van der Waals surface area contributed by atoms with Gasteiger partial charge >= 0.3 is 0 Å². The highest BCUT2D eigenvalue weighted by molar-refractivity contribution is 9.10. The van der Waals surface area contributed by atoms with Crippen LogP contribution < -0.4 is 9.73 Å². The van der Waals surface area contributed by atoms with Crippen LogP contribution in [0.5, 0.6) is 0 Å². The molecule has 2 aromatic carbocycles. The van der Waals surface area contributed by atoms with Gasteiger partial charge in [-0.25, -0.2) is 13.8 Å². The number of carbonyl (C=O) groups is 1. The number of hydrogen-bond acceptors (Lipinski definition) is 4. The van der Waals surface area contributed by atoms with Crippen molar-refractivity contribution in [3.63, 3.8) is 0 Å². The minimum Gasteiger partial charge on any atom is -0.271 e. The molecule has 2 aromatic rings. The van der Waals surface area contributed by atoms with Gasteiger partial charge in [-0.05, 0) is 24.3 Å². The zero-order chi connectivity index (χ0) is 19.3. The van der Waals surface area contributed by atoms with Crippen molar-refractivity contribution in [2.75, 3.05) is 17.1 Å². The van der Waals surface area contributed by atoms with Gasteiger partial charge in [-0.2, -0.15) is 5.10 Å². The summed E-state index contributed by atoms with van der Waals surface area (Å²) in [4.78, 5) is 12.1. The molecule has 0 aliphatic carbocycles. The molecule has 0 unspecified atom stereocenters. The Labute approximate surface area is 170 Å².